The first-order valence-electron chi connectivity index (χ1n) is 7.12. The van der Waals surface area contributed by atoms with Crippen LogP contribution in [-0.4, -0.2) is 18.3 Å². The number of rotatable bonds is 4. The zero-order valence-electron chi connectivity index (χ0n) is 12.0. The summed E-state index contributed by atoms with van der Waals surface area (Å²) in [5.41, 5.74) is 3.02. The molecule has 1 aliphatic heterocycles. The Bertz CT molecular complexity index is 627. The summed E-state index contributed by atoms with van der Waals surface area (Å²) in [6.45, 7) is 3.34. The summed E-state index contributed by atoms with van der Waals surface area (Å²) in [5.74, 6) is 1.61. The first-order valence-corrected chi connectivity index (χ1v) is 7.12. The quantitative estimate of drug-likeness (QED) is 0.906. The lowest BCUT2D eigenvalue weighted by molar-refractivity contribution is 0.171. The summed E-state index contributed by atoms with van der Waals surface area (Å²) in [6.07, 6.45) is 0. The van der Waals surface area contributed by atoms with Crippen molar-refractivity contribution in [2.45, 2.75) is 19.6 Å². The third-order valence-electron chi connectivity index (χ3n) is 3.56. The van der Waals surface area contributed by atoms with E-state index in [9.17, 15) is 5.11 Å². The van der Waals surface area contributed by atoms with E-state index in [0.717, 1.165) is 28.3 Å². The third kappa shape index (κ3) is 3.11. The second-order valence-electron chi connectivity index (χ2n) is 5.13. The van der Waals surface area contributed by atoms with E-state index in [0.29, 0.717) is 13.2 Å². The van der Waals surface area contributed by atoms with E-state index < -0.39 is 0 Å². The molecule has 0 amide bonds. The lowest BCUT2D eigenvalue weighted by Crippen LogP contribution is -2.16. The number of hydrogen-bond acceptors (Lipinski definition) is 4. The Morgan fingerprint density at radius 2 is 1.90 bits per heavy atom. The Morgan fingerprint density at radius 3 is 2.71 bits per heavy atom. The number of aliphatic hydroxyl groups is 1. The second kappa shape index (κ2) is 6.06. The third-order valence-corrected chi connectivity index (χ3v) is 3.56. The Labute approximate surface area is 124 Å². The molecule has 4 heteroatoms. The van der Waals surface area contributed by atoms with Crippen LogP contribution in [0.1, 0.15) is 24.1 Å². The van der Waals surface area contributed by atoms with Crippen LogP contribution in [0.25, 0.3) is 0 Å². The second-order valence-corrected chi connectivity index (χ2v) is 5.13. The first-order chi connectivity index (χ1) is 10.3. The first kappa shape index (κ1) is 13.8. The van der Waals surface area contributed by atoms with Crippen molar-refractivity contribution in [2.75, 3.05) is 18.5 Å². The van der Waals surface area contributed by atoms with Gasteiger partial charge in [-0.25, -0.2) is 0 Å². The zero-order chi connectivity index (χ0) is 14.7. The van der Waals surface area contributed by atoms with Crippen LogP contribution in [0.2, 0.25) is 0 Å². The molecule has 0 fully saturated rings. The van der Waals surface area contributed by atoms with Crippen molar-refractivity contribution in [2.24, 2.45) is 0 Å². The largest absolute Gasteiger partial charge is 0.486 e. The topological polar surface area (TPSA) is 50.7 Å². The van der Waals surface area contributed by atoms with Gasteiger partial charge in [-0.2, -0.15) is 0 Å². The molecule has 2 N–H and O–H groups in total. The fraction of sp³-hybridized carbons (Fsp3) is 0.294. The zero-order valence-corrected chi connectivity index (χ0v) is 12.0. The molecule has 21 heavy (non-hydrogen) atoms. The molecule has 2 aromatic carbocycles. The molecular weight excluding hydrogens is 266 g/mol. The smallest absolute Gasteiger partial charge is 0.161 e. The van der Waals surface area contributed by atoms with E-state index in [4.69, 9.17) is 9.47 Å². The number of fused-ring (bicyclic) bond motifs is 1. The maximum atomic E-state index is 9.19. The highest BCUT2D eigenvalue weighted by atomic mass is 16.6. The van der Waals surface area contributed by atoms with Gasteiger partial charge in [0.05, 0.1) is 6.61 Å². The molecule has 0 saturated heterocycles. The molecule has 0 aromatic heterocycles. The molecule has 0 bridgehead atoms. The lowest BCUT2D eigenvalue weighted by atomic mass is 10.1. The van der Waals surface area contributed by atoms with Gasteiger partial charge in [-0.3, -0.25) is 0 Å². The summed E-state index contributed by atoms with van der Waals surface area (Å²) < 4.78 is 11.1. The van der Waals surface area contributed by atoms with Crippen LogP contribution in [-0.2, 0) is 6.61 Å². The minimum Gasteiger partial charge on any atom is -0.486 e. The molecular formula is C17H19NO3. The Balaban J connectivity index is 1.76. The summed E-state index contributed by atoms with van der Waals surface area (Å²) >= 11 is 0. The molecule has 1 atom stereocenters. The molecule has 0 radical (unpaired) electrons. The number of anilines is 1. The van der Waals surface area contributed by atoms with Gasteiger partial charge in [0, 0.05) is 11.7 Å². The van der Waals surface area contributed by atoms with Crippen LogP contribution < -0.4 is 14.8 Å². The molecule has 2 aromatic rings. The van der Waals surface area contributed by atoms with E-state index >= 15 is 0 Å². The average molecular weight is 285 g/mol. The number of benzene rings is 2. The Hall–Kier alpha value is -2.20. The van der Waals surface area contributed by atoms with Crippen molar-refractivity contribution >= 4 is 5.69 Å². The SMILES string of the molecule is CC(Nc1cccc(CO)c1)c1ccc2c(c1)OCCO2. The van der Waals surface area contributed by atoms with Gasteiger partial charge >= 0.3 is 0 Å². The predicted octanol–water partition coefficient (Wildman–Crippen LogP) is 3.12. The average Bonchev–Trinajstić information content (AvgIpc) is 2.54. The molecule has 0 saturated carbocycles. The molecule has 4 nitrogen and oxygen atoms in total. The number of hydrogen-bond donors (Lipinski definition) is 2. The minimum absolute atomic E-state index is 0.0495. The van der Waals surface area contributed by atoms with Gasteiger partial charge in [-0.1, -0.05) is 18.2 Å². The van der Waals surface area contributed by atoms with E-state index in [1.807, 2.05) is 42.5 Å². The van der Waals surface area contributed by atoms with E-state index in [-0.39, 0.29) is 12.6 Å². The van der Waals surface area contributed by atoms with Gasteiger partial charge in [0.15, 0.2) is 11.5 Å². The van der Waals surface area contributed by atoms with Crippen LogP contribution in [0, 0.1) is 0 Å². The maximum Gasteiger partial charge on any atom is 0.161 e. The minimum atomic E-state index is 0.0495. The molecule has 1 unspecified atom stereocenters. The van der Waals surface area contributed by atoms with Crippen molar-refractivity contribution in [3.63, 3.8) is 0 Å². The summed E-state index contributed by atoms with van der Waals surface area (Å²) in [7, 11) is 0. The highest BCUT2D eigenvalue weighted by Gasteiger charge is 2.14. The monoisotopic (exact) mass is 285 g/mol. The van der Waals surface area contributed by atoms with Crippen LogP contribution in [0.5, 0.6) is 11.5 Å². The van der Waals surface area contributed by atoms with Crippen molar-refractivity contribution in [1.82, 2.24) is 0 Å². The molecule has 0 spiro atoms. The van der Waals surface area contributed by atoms with Gasteiger partial charge in [-0.05, 0) is 42.3 Å². The highest BCUT2D eigenvalue weighted by Crippen LogP contribution is 2.33. The summed E-state index contributed by atoms with van der Waals surface area (Å²) in [5, 5.41) is 12.6. The van der Waals surface area contributed by atoms with Crippen LogP contribution in [0.15, 0.2) is 42.5 Å². The molecule has 3 rings (SSSR count). The van der Waals surface area contributed by atoms with Crippen molar-refractivity contribution < 1.29 is 14.6 Å². The Morgan fingerprint density at radius 1 is 1.10 bits per heavy atom. The van der Waals surface area contributed by atoms with Crippen molar-refractivity contribution in [3.8, 4) is 11.5 Å². The van der Waals surface area contributed by atoms with Gasteiger partial charge < -0.3 is 19.9 Å². The van der Waals surface area contributed by atoms with Crippen LogP contribution in [0.3, 0.4) is 0 Å². The van der Waals surface area contributed by atoms with Crippen LogP contribution >= 0.6 is 0 Å². The van der Waals surface area contributed by atoms with Crippen molar-refractivity contribution in [3.05, 3.63) is 53.6 Å². The standard InChI is InChI=1S/C17H19NO3/c1-12(18-15-4-2-3-13(9-15)11-19)14-5-6-16-17(10-14)21-8-7-20-16/h2-6,9-10,12,18-19H,7-8,11H2,1H3. The summed E-state index contributed by atoms with van der Waals surface area (Å²) in [6, 6.07) is 13.9. The number of aliphatic hydroxyl groups excluding tert-OH is 1. The van der Waals surface area contributed by atoms with Gasteiger partial charge in [0.1, 0.15) is 13.2 Å². The van der Waals surface area contributed by atoms with Crippen molar-refractivity contribution in [1.29, 1.82) is 0 Å². The molecule has 1 aliphatic rings. The predicted molar refractivity (Wildman–Crippen MR) is 81.8 cm³/mol. The van der Waals surface area contributed by atoms with E-state index in [2.05, 4.69) is 12.2 Å². The lowest BCUT2D eigenvalue weighted by Gasteiger charge is -2.21. The number of nitrogens with one attached hydrogen (secondary N) is 1. The van der Waals surface area contributed by atoms with Gasteiger partial charge in [0.2, 0.25) is 0 Å². The number of ether oxygens (including phenoxy) is 2. The fourth-order valence-electron chi connectivity index (χ4n) is 2.42. The normalized spacial score (nSPS) is 14.6. The van der Waals surface area contributed by atoms with E-state index in [1.54, 1.807) is 0 Å². The van der Waals surface area contributed by atoms with E-state index in [1.165, 1.54) is 0 Å². The van der Waals surface area contributed by atoms with Gasteiger partial charge in [0.25, 0.3) is 0 Å². The molecule has 0 aliphatic carbocycles. The highest BCUT2D eigenvalue weighted by molar-refractivity contribution is 5.50. The van der Waals surface area contributed by atoms with Gasteiger partial charge in [-0.15, -0.1) is 0 Å². The Kier molecular flexibility index (Phi) is 3.97. The summed E-state index contributed by atoms with van der Waals surface area (Å²) in [4.78, 5) is 0. The molecule has 1 heterocycles. The maximum absolute atomic E-state index is 9.19. The molecule has 110 valence electrons. The van der Waals surface area contributed by atoms with Crippen LogP contribution in [0.4, 0.5) is 5.69 Å². The fourth-order valence-corrected chi connectivity index (χ4v) is 2.42.